The summed E-state index contributed by atoms with van der Waals surface area (Å²) in [6, 6.07) is 0. The molecule has 0 spiro atoms. The van der Waals surface area contributed by atoms with Crippen LogP contribution >= 0.6 is 0 Å². The second kappa shape index (κ2) is 9.28. The Morgan fingerprint density at radius 2 is 1.25 bits per heavy atom. The van der Waals surface area contributed by atoms with Gasteiger partial charge in [0.05, 0.1) is 0 Å². The van der Waals surface area contributed by atoms with Gasteiger partial charge in [0.1, 0.15) is 0 Å². The molecule has 4 heavy (non-hydrogen) atoms. The molecule has 0 aromatic carbocycles. The fraction of sp³-hybridized carbons (Fsp3) is 1.00. The Labute approximate surface area is 38.2 Å². The standard InChI is InChI=1S/2CH3.Cu.H4Si/h2*1H3;;1H4. The molecule has 0 saturated heterocycles. The zero-order valence-corrected chi connectivity index (χ0v) is 3.24. The maximum atomic E-state index is 2.03. The minimum atomic E-state index is 0. The van der Waals surface area contributed by atoms with E-state index in [1.807, 2.05) is 26.6 Å². The molecule has 0 atom stereocenters. The molecule has 0 bridgehead atoms. The summed E-state index contributed by atoms with van der Waals surface area (Å²) in [5, 5.41) is 0. The van der Waals surface area contributed by atoms with Gasteiger partial charge in [0.25, 0.3) is 0 Å². The summed E-state index contributed by atoms with van der Waals surface area (Å²) in [4.78, 5) is 0. The summed E-state index contributed by atoms with van der Waals surface area (Å²) in [7, 11) is 0. The van der Waals surface area contributed by atoms with Crippen LogP contribution in [0.4, 0.5) is 0 Å². The fourth-order valence-corrected chi connectivity index (χ4v) is 0. The van der Waals surface area contributed by atoms with E-state index in [-0.39, 0.29) is 11.0 Å². The third kappa shape index (κ3) is 15.2. The van der Waals surface area contributed by atoms with Crippen LogP contribution in [0.2, 0.25) is 11.6 Å². The molecule has 0 aliphatic carbocycles. The summed E-state index contributed by atoms with van der Waals surface area (Å²) in [5.41, 5.74) is 0. The van der Waals surface area contributed by atoms with Crippen molar-refractivity contribution >= 4 is 11.0 Å². The van der Waals surface area contributed by atoms with Crippen LogP contribution in [-0.4, -0.2) is 11.0 Å². The summed E-state index contributed by atoms with van der Waals surface area (Å²) < 4.78 is 0. The van der Waals surface area contributed by atoms with Crippen LogP contribution in [0.1, 0.15) is 0 Å². The van der Waals surface area contributed by atoms with E-state index in [4.69, 9.17) is 0 Å². The minimum absolute atomic E-state index is 0. The number of hydrogen-bond acceptors (Lipinski definition) is 0. The largest absolute Gasteiger partial charge is 0.0149 e. The molecule has 0 unspecified atom stereocenters. The van der Waals surface area contributed by atoms with Crippen molar-refractivity contribution in [1.82, 2.24) is 0 Å². The van der Waals surface area contributed by atoms with Crippen LogP contribution in [0.5, 0.6) is 0 Å². The van der Waals surface area contributed by atoms with Gasteiger partial charge < -0.3 is 0 Å². The predicted octanol–water partition coefficient (Wildman–Crippen LogP) is -0.287. The van der Waals surface area contributed by atoms with Gasteiger partial charge in [-0.15, -0.1) is 0 Å². The maximum Gasteiger partial charge on any atom is -0.0149 e. The van der Waals surface area contributed by atoms with Crippen molar-refractivity contribution in [3.8, 4) is 0 Å². The molecule has 0 N–H and O–H groups in total. The van der Waals surface area contributed by atoms with E-state index in [2.05, 4.69) is 0 Å². The normalized spacial score (nSPS) is 5.50. The Hall–Kier alpha value is 0.736. The Morgan fingerprint density at radius 1 is 1.25 bits per heavy atom. The summed E-state index contributed by atoms with van der Waals surface area (Å²) in [5.74, 6) is 4.06. The molecule has 0 aliphatic heterocycles. The van der Waals surface area contributed by atoms with E-state index in [1.54, 1.807) is 0 Å². The summed E-state index contributed by atoms with van der Waals surface area (Å²) in [6.07, 6.45) is 0. The molecule has 0 fully saturated rings. The zero-order valence-electron chi connectivity index (χ0n) is 2.30. The van der Waals surface area contributed by atoms with E-state index >= 15 is 0 Å². The quantitative estimate of drug-likeness (QED) is 0.391. The summed E-state index contributed by atoms with van der Waals surface area (Å²) in [6.45, 7) is 0. The third-order valence-electron chi connectivity index (χ3n) is 0. The Bertz CT molecular complexity index is 6.00. The third-order valence-corrected chi connectivity index (χ3v) is 0. The van der Waals surface area contributed by atoms with Crippen LogP contribution in [0, 0.1) is 0 Å². The van der Waals surface area contributed by atoms with E-state index in [0.29, 0.717) is 0 Å². The molecule has 0 saturated carbocycles. The second-order valence-electron chi connectivity index (χ2n) is 0.302. The van der Waals surface area contributed by atoms with Crippen LogP contribution < -0.4 is 0 Å². The molecule has 0 nitrogen and oxygen atoms in total. The molecule has 0 amide bonds. The van der Waals surface area contributed by atoms with E-state index in [0.717, 1.165) is 0 Å². The van der Waals surface area contributed by atoms with Gasteiger partial charge in [-0.25, -0.2) is 0 Å². The van der Waals surface area contributed by atoms with Crippen LogP contribution in [0.25, 0.3) is 0 Å². The van der Waals surface area contributed by atoms with Crippen molar-refractivity contribution in [1.29, 1.82) is 0 Å². The molecule has 33 valence electrons. The number of hydrogen-bond donors (Lipinski definition) is 0. The van der Waals surface area contributed by atoms with Crippen molar-refractivity contribution < 1.29 is 15.0 Å². The van der Waals surface area contributed by atoms with Gasteiger partial charge in [-0.3, -0.25) is 0 Å². The van der Waals surface area contributed by atoms with Crippen molar-refractivity contribution in [2.75, 3.05) is 0 Å². The minimum Gasteiger partial charge on any atom is -0.0149 e. The maximum absolute atomic E-state index is 2.03. The molecule has 0 aliphatic rings. The molecule has 0 aromatic rings. The van der Waals surface area contributed by atoms with E-state index < -0.39 is 0 Å². The molecule has 0 aromatic heterocycles. The zero-order chi connectivity index (χ0) is 2.71. The van der Waals surface area contributed by atoms with Gasteiger partial charge in [0.2, 0.25) is 0 Å². The van der Waals surface area contributed by atoms with Crippen molar-refractivity contribution in [2.24, 2.45) is 0 Å². The SMILES string of the molecule is [CH3][Cu][CH3].[SiH4]. The molecule has 2 heteroatoms. The average molecular weight is 126 g/mol. The Balaban J connectivity index is 0. The van der Waals surface area contributed by atoms with Crippen LogP contribution in [-0.2, 0) is 15.0 Å². The van der Waals surface area contributed by atoms with E-state index in [1.165, 1.54) is 0 Å². The van der Waals surface area contributed by atoms with Crippen molar-refractivity contribution in [3.63, 3.8) is 0 Å². The predicted molar refractivity (Wildman–Crippen MR) is 23.1 cm³/mol. The first-order valence-corrected chi connectivity index (χ1v) is 2.49. The molecule has 0 rings (SSSR count). The number of rotatable bonds is 0. The molecular weight excluding hydrogens is 116 g/mol. The molecular formula is C2H10CuSi. The fourth-order valence-electron chi connectivity index (χ4n) is 0. The monoisotopic (exact) mass is 125 g/mol. The van der Waals surface area contributed by atoms with Crippen molar-refractivity contribution in [2.45, 2.75) is 11.6 Å². The molecule has 0 heterocycles. The van der Waals surface area contributed by atoms with Crippen LogP contribution in [0.15, 0.2) is 0 Å². The van der Waals surface area contributed by atoms with Gasteiger partial charge in [-0.2, -0.15) is 0 Å². The van der Waals surface area contributed by atoms with Crippen LogP contribution in [0.3, 0.4) is 0 Å². The Morgan fingerprint density at radius 3 is 1.25 bits per heavy atom. The Kier molecular flexibility index (Phi) is 20.5. The first kappa shape index (κ1) is 8.83. The topological polar surface area (TPSA) is 0 Å². The first-order chi connectivity index (χ1) is 1.41. The van der Waals surface area contributed by atoms with Gasteiger partial charge in [-0.05, 0) is 11.0 Å². The first-order valence-electron chi connectivity index (χ1n) is 0.603. The smallest absolute Gasteiger partial charge is 0.0149 e. The average Bonchev–Trinajstić information content (AvgIpc) is 0.918. The van der Waals surface area contributed by atoms with E-state index in [9.17, 15) is 0 Å². The second-order valence-corrected chi connectivity index (χ2v) is 1.24. The summed E-state index contributed by atoms with van der Waals surface area (Å²) >= 11 is 1.81. The van der Waals surface area contributed by atoms with Gasteiger partial charge >= 0.3 is 26.6 Å². The van der Waals surface area contributed by atoms with Crippen molar-refractivity contribution in [3.05, 3.63) is 0 Å². The van der Waals surface area contributed by atoms with Gasteiger partial charge in [-0.1, -0.05) is 0 Å². The van der Waals surface area contributed by atoms with Gasteiger partial charge in [0.15, 0.2) is 0 Å². The van der Waals surface area contributed by atoms with Gasteiger partial charge in [0, 0.05) is 0 Å². The molecule has 0 radical (unpaired) electrons.